The number of nitrogens with one attached hydrogen (secondary N) is 4. The molecular weight excluding hydrogens is 340 g/mol. The van der Waals surface area contributed by atoms with Crippen molar-refractivity contribution in [3.05, 3.63) is 27.1 Å². The molecule has 112 valence electrons. The predicted octanol–water partition coefficient (Wildman–Crippen LogP) is -0.528. The second kappa shape index (κ2) is 6.00. The lowest BCUT2D eigenvalue weighted by atomic mass is 10.2. The minimum Gasteiger partial charge on any atom is -0.370 e. The molecule has 3 rings (SSSR count). The van der Waals surface area contributed by atoms with Crippen LogP contribution in [0.1, 0.15) is 0 Å². The van der Waals surface area contributed by atoms with Crippen molar-refractivity contribution in [3.8, 4) is 0 Å². The number of hydrogen-bond acceptors (Lipinski definition) is 3. The molecule has 1 amide bonds. The van der Waals surface area contributed by atoms with Crippen molar-refractivity contribution < 1.29 is 14.4 Å². The van der Waals surface area contributed by atoms with Crippen LogP contribution < -0.4 is 15.9 Å². The van der Waals surface area contributed by atoms with Gasteiger partial charge in [-0.15, -0.1) is 0 Å². The molecule has 1 fully saturated rings. The molecule has 2 heterocycles. The van der Waals surface area contributed by atoms with Crippen molar-refractivity contribution in [2.24, 2.45) is 0 Å². The third kappa shape index (κ3) is 3.34. The number of morpholine rings is 1. The summed E-state index contributed by atoms with van der Waals surface area (Å²) >= 11 is 3.40. The summed E-state index contributed by atoms with van der Waals surface area (Å²) in [6.45, 7) is 3.50. The number of H-pyrrole nitrogens is 2. The van der Waals surface area contributed by atoms with E-state index in [1.165, 1.54) is 4.90 Å². The van der Waals surface area contributed by atoms with Gasteiger partial charge >= 0.3 is 5.69 Å². The minimum atomic E-state index is -0.266. The van der Waals surface area contributed by atoms with Gasteiger partial charge in [-0.1, -0.05) is 0 Å². The van der Waals surface area contributed by atoms with E-state index in [-0.39, 0.29) is 11.6 Å². The molecule has 0 atom stereocenters. The van der Waals surface area contributed by atoms with Crippen molar-refractivity contribution in [2.45, 2.75) is 0 Å². The van der Waals surface area contributed by atoms with Gasteiger partial charge in [0.25, 0.3) is 5.91 Å². The molecule has 0 radical (unpaired) electrons. The Morgan fingerprint density at radius 2 is 1.95 bits per heavy atom. The smallest absolute Gasteiger partial charge is 0.323 e. The molecule has 1 aliphatic heterocycles. The number of ether oxygens (including phenoxy) is 1. The number of hydrogen-bond donors (Lipinski definition) is 4. The summed E-state index contributed by atoms with van der Waals surface area (Å²) in [6, 6.07) is 3.51. The van der Waals surface area contributed by atoms with Crippen LogP contribution in [-0.2, 0) is 9.53 Å². The first-order valence-electron chi connectivity index (χ1n) is 6.74. The van der Waals surface area contributed by atoms with Gasteiger partial charge in [0.15, 0.2) is 6.54 Å². The highest BCUT2D eigenvalue weighted by molar-refractivity contribution is 9.10. The zero-order valence-corrected chi connectivity index (χ0v) is 12.9. The molecule has 7 nitrogen and oxygen atoms in total. The first-order valence-corrected chi connectivity index (χ1v) is 7.54. The van der Waals surface area contributed by atoms with Crippen molar-refractivity contribution in [2.75, 3.05) is 38.2 Å². The van der Waals surface area contributed by atoms with E-state index in [1.54, 1.807) is 12.1 Å². The third-order valence-corrected chi connectivity index (χ3v) is 4.14. The van der Waals surface area contributed by atoms with Crippen molar-refractivity contribution in [1.82, 2.24) is 9.97 Å². The quantitative estimate of drug-likeness (QED) is 0.596. The fraction of sp³-hybridized carbons (Fsp3) is 0.385. The van der Waals surface area contributed by atoms with E-state index in [4.69, 9.17) is 4.74 Å². The van der Waals surface area contributed by atoms with E-state index in [9.17, 15) is 9.59 Å². The molecule has 0 saturated carbocycles. The highest BCUT2D eigenvalue weighted by atomic mass is 79.9. The van der Waals surface area contributed by atoms with E-state index in [0.717, 1.165) is 17.6 Å². The summed E-state index contributed by atoms with van der Waals surface area (Å²) < 4.78 is 6.00. The Labute approximate surface area is 128 Å². The summed E-state index contributed by atoms with van der Waals surface area (Å²) in [5, 5.41) is 2.88. The van der Waals surface area contributed by atoms with Crippen LogP contribution in [0.4, 0.5) is 5.69 Å². The van der Waals surface area contributed by atoms with E-state index in [2.05, 4.69) is 31.2 Å². The Kier molecular flexibility index (Phi) is 4.09. The van der Waals surface area contributed by atoms with E-state index >= 15 is 0 Å². The Morgan fingerprint density at radius 1 is 1.29 bits per heavy atom. The maximum absolute atomic E-state index is 12.1. The Bertz CT molecular complexity index is 718. The van der Waals surface area contributed by atoms with Crippen LogP contribution in [0.2, 0.25) is 0 Å². The number of halogens is 1. The van der Waals surface area contributed by atoms with Crippen LogP contribution >= 0.6 is 15.9 Å². The molecule has 8 heteroatoms. The van der Waals surface area contributed by atoms with Gasteiger partial charge in [-0.25, -0.2) is 4.79 Å². The van der Waals surface area contributed by atoms with Crippen LogP contribution in [0.15, 0.2) is 21.4 Å². The Morgan fingerprint density at radius 3 is 2.67 bits per heavy atom. The fourth-order valence-corrected chi connectivity index (χ4v) is 2.85. The second-order valence-electron chi connectivity index (χ2n) is 5.04. The predicted molar refractivity (Wildman–Crippen MR) is 81.6 cm³/mol. The molecule has 0 aliphatic carbocycles. The maximum Gasteiger partial charge on any atom is 0.323 e. The largest absolute Gasteiger partial charge is 0.370 e. The SMILES string of the molecule is O=C(C[NH+]1CCOCC1)Nc1cc2[nH]c(=O)[nH]c2cc1Br. The molecule has 2 aromatic rings. The average Bonchev–Trinajstić information content (AvgIpc) is 2.79. The van der Waals surface area contributed by atoms with Gasteiger partial charge in [-0.2, -0.15) is 0 Å². The number of imidazole rings is 1. The van der Waals surface area contributed by atoms with Crippen LogP contribution in [-0.4, -0.2) is 48.7 Å². The zero-order valence-electron chi connectivity index (χ0n) is 11.3. The maximum atomic E-state index is 12.1. The molecule has 1 aromatic heterocycles. The first-order chi connectivity index (χ1) is 10.1. The lowest BCUT2D eigenvalue weighted by molar-refractivity contribution is -0.899. The van der Waals surface area contributed by atoms with Gasteiger partial charge in [0, 0.05) is 4.47 Å². The number of quaternary nitrogens is 1. The monoisotopic (exact) mass is 355 g/mol. The van der Waals surface area contributed by atoms with Crippen molar-refractivity contribution >= 4 is 38.6 Å². The first kappa shape index (κ1) is 14.3. The van der Waals surface area contributed by atoms with E-state index in [0.29, 0.717) is 36.5 Å². The number of aromatic nitrogens is 2. The summed E-state index contributed by atoms with van der Waals surface area (Å²) in [4.78, 5) is 29.9. The summed E-state index contributed by atoms with van der Waals surface area (Å²) in [7, 11) is 0. The van der Waals surface area contributed by atoms with Crippen molar-refractivity contribution in [1.29, 1.82) is 0 Å². The van der Waals surface area contributed by atoms with E-state index < -0.39 is 0 Å². The number of rotatable bonds is 3. The fourth-order valence-electron chi connectivity index (χ4n) is 2.41. The number of amides is 1. The zero-order chi connectivity index (χ0) is 14.8. The number of anilines is 1. The van der Waals surface area contributed by atoms with Crippen LogP contribution in [0, 0.1) is 0 Å². The molecule has 0 spiro atoms. The second-order valence-corrected chi connectivity index (χ2v) is 5.90. The average molecular weight is 356 g/mol. The lowest BCUT2D eigenvalue weighted by Crippen LogP contribution is -3.15. The number of carbonyl (C=O) groups excluding carboxylic acids is 1. The topological polar surface area (TPSA) is 91.4 Å². The standard InChI is InChI=1S/C13H15BrN4O3/c14-8-5-10-11(17-13(20)16-10)6-9(8)15-12(19)7-18-1-3-21-4-2-18/h5-6H,1-4,7H2,(H,15,19)(H2,16,17,20)/p+1. The Hall–Kier alpha value is -1.64. The van der Waals surface area contributed by atoms with Crippen LogP contribution in [0.5, 0.6) is 0 Å². The van der Waals surface area contributed by atoms with Gasteiger partial charge in [0.2, 0.25) is 0 Å². The van der Waals surface area contributed by atoms with E-state index in [1.807, 2.05) is 0 Å². The van der Waals surface area contributed by atoms with Gasteiger partial charge in [-0.05, 0) is 28.1 Å². The molecule has 0 bridgehead atoms. The number of benzene rings is 1. The van der Waals surface area contributed by atoms with Gasteiger partial charge in [-0.3, -0.25) is 4.79 Å². The summed E-state index contributed by atoms with van der Waals surface area (Å²) in [5.41, 5.74) is 1.74. The highest BCUT2D eigenvalue weighted by Gasteiger charge is 2.18. The molecule has 0 unspecified atom stereocenters. The van der Waals surface area contributed by atoms with Gasteiger partial charge in [0.1, 0.15) is 13.1 Å². The lowest BCUT2D eigenvalue weighted by Gasteiger charge is -2.23. The summed E-state index contributed by atoms with van der Waals surface area (Å²) in [5.74, 6) is -0.0511. The van der Waals surface area contributed by atoms with Gasteiger partial charge in [0.05, 0.1) is 29.9 Å². The van der Waals surface area contributed by atoms with Crippen LogP contribution in [0.25, 0.3) is 11.0 Å². The molecule has 4 N–H and O–H groups in total. The van der Waals surface area contributed by atoms with Gasteiger partial charge < -0.3 is 24.9 Å². The molecule has 1 aliphatic rings. The molecule has 21 heavy (non-hydrogen) atoms. The Balaban J connectivity index is 1.72. The number of fused-ring (bicyclic) bond motifs is 1. The molecule has 1 aromatic carbocycles. The summed E-state index contributed by atoms with van der Waals surface area (Å²) in [6.07, 6.45) is 0. The normalized spacial score (nSPS) is 16.2. The number of aromatic amines is 2. The molecular formula is C13H16BrN4O3+. The molecule has 1 saturated heterocycles. The highest BCUT2D eigenvalue weighted by Crippen LogP contribution is 2.26. The minimum absolute atomic E-state index is 0.0511. The third-order valence-electron chi connectivity index (χ3n) is 3.49. The van der Waals surface area contributed by atoms with Crippen molar-refractivity contribution in [3.63, 3.8) is 0 Å². The van der Waals surface area contributed by atoms with Crippen LogP contribution in [0.3, 0.4) is 0 Å². The number of carbonyl (C=O) groups is 1.